The van der Waals surface area contributed by atoms with Crippen molar-refractivity contribution in [2.75, 3.05) is 31.7 Å². The smallest absolute Gasteiger partial charge is 0.128 e. The van der Waals surface area contributed by atoms with Gasteiger partial charge in [-0.25, -0.2) is 4.39 Å². The molecule has 0 aliphatic carbocycles. The first-order valence-electron chi connectivity index (χ1n) is 8.74. The van der Waals surface area contributed by atoms with Gasteiger partial charge in [0.1, 0.15) is 5.82 Å². The Kier molecular flexibility index (Phi) is 11.1. The number of benzene rings is 1. The van der Waals surface area contributed by atoms with Crippen LogP contribution in [-0.2, 0) is 6.42 Å². The highest BCUT2D eigenvalue weighted by Gasteiger charge is 2.11. The van der Waals surface area contributed by atoms with Crippen molar-refractivity contribution in [3.8, 4) is 0 Å². The third-order valence-corrected chi connectivity index (χ3v) is 4.87. The van der Waals surface area contributed by atoms with E-state index in [1.165, 1.54) is 6.07 Å². The average molecular weight is 358 g/mol. The van der Waals surface area contributed by atoms with Gasteiger partial charge < -0.3 is 20.5 Å². The Morgan fingerprint density at radius 1 is 1.21 bits per heavy atom. The molecule has 1 aromatic rings. The summed E-state index contributed by atoms with van der Waals surface area (Å²) in [5.41, 5.74) is 1.64. The zero-order valence-electron chi connectivity index (χ0n) is 15.1. The van der Waals surface area contributed by atoms with Crippen LogP contribution in [-0.4, -0.2) is 43.0 Å². The third kappa shape index (κ3) is 7.83. The van der Waals surface area contributed by atoms with Gasteiger partial charge in [-0.05, 0) is 76.8 Å². The second-order valence-electron chi connectivity index (χ2n) is 6.16. The first-order chi connectivity index (χ1) is 11.6. The average Bonchev–Trinajstić information content (AvgIpc) is 2.59. The molecule has 6 heteroatoms. The highest BCUT2D eigenvalue weighted by Crippen LogP contribution is 2.20. The molecule has 0 spiro atoms. The molecule has 0 aromatic heterocycles. The summed E-state index contributed by atoms with van der Waals surface area (Å²) in [6.45, 7) is 3.09. The maximum atomic E-state index is 14.0. The van der Waals surface area contributed by atoms with Crippen LogP contribution in [0, 0.1) is 5.82 Å². The van der Waals surface area contributed by atoms with Crippen molar-refractivity contribution >= 4 is 17.7 Å². The summed E-state index contributed by atoms with van der Waals surface area (Å²) in [5.74, 6) is 0.657. The van der Waals surface area contributed by atoms with E-state index in [1.807, 2.05) is 20.2 Å². The Hall–Kier alpha value is -0.820. The Bertz CT molecular complexity index is 462. The molecule has 4 nitrogen and oxygen atoms in total. The molecule has 2 unspecified atom stereocenters. The van der Waals surface area contributed by atoms with Crippen molar-refractivity contribution in [1.82, 2.24) is 10.6 Å². The molecule has 1 rings (SSSR count). The zero-order valence-corrected chi connectivity index (χ0v) is 15.9. The molecule has 4 N–H and O–H groups in total. The molecule has 0 fully saturated rings. The molecule has 138 valence electrons. The van der Waals surface area contributed by atoms with Crippen molar-refractivity contribution in [1.29, 1.82) is 0 Å². The summed E-state index contributed by atoms with van der Waals surface area (Å²) in [6, 6.07) is 5.99. The summed E-state index contributed by atoms with van der Waals surface area (Å²) >= 11 is 0.912. The molecular weight excluding hydrogens is 325 g/mol. The first kappa shape index (κ1) is 21.2. The van der Waals surface area contributed by atoms with Crippen LogP contribution in [0.25, 0.3) is 0 Å². The van der Waals surface area contributed by atoms with Crippen LogP contribution in [0.1, 0.15) is 38.2 Å². The van der Waals surface area contributed by atoms with Gasteiger partial charge in [-0.1, -0.05) is 6.07 Å². The fourth-order valence-electron chi connectivity index (χ4n) is 2.84. The Labute approximate surface area is 150 Å². The highest BCUT2D eigenvalue weighted by molar-refractivity contribution is 7.93. The van der Waals surface area contributed by atoms with Crippen molar-refractivity contribution in [2.45, 2.75) is 51.1 Å². The van der Waals surface area contributed by atoms with E-state index < -0.39 is 0 Å². The number of hydrogen-bond acceptors (Lipinski definition) is 5. The van der Waals surface area contributed by atoms with Crippen molar-refractivity contribution in [3.63, 3.8) is 0 Å². The molecule has 0 amide bonds. The minimum absolute atomic E-state index is 0.133. The summed E-state index contributed by atoms with van der Waals surface area (Å²) in [5, 5.41) is 9.92. The highest BCUT2D eigenvalue weighted by atomic mass is 32.2. The van der Waals surface area contributed by atoms with E-state index >= 15 is 0 Å². The lowest BCUT2D eigenvalue weighted by Crippen LogP contribution is -2.33. The second kappa shape index (κ2) is 12.5. The minimum atomic E-state index is -0.133. The van der Waals surface area contributed by atoms with Gasteiger partial charge in [0.2, 0.25) is 0 Å². The zero-order chi connectivity index (χ0) is 17.8. The van der Waals surface area contributed by atoms with Crippen molar-refractivity contribution in [2.24, 2.45) is 0 Å². The topological polar surface area (TPSA) is 56.3 Å². The molecule has 0 saturated carbocycles. The molecule has 0 aliphatic heterocycles. The predicted molar refractivity (Wildman–Crippen MR) is 104 cm³/mol. The molecule has 0 saturated heterocycles. The SMILES string of the molecule is CNc1cccc(F)c1CCC(C)NCCC(CCCSO)NC. The molecule has 0 bridgehead atoms. The van der Waals surface area contributed by atoms with Gasteiger partial charge in [0.05, 0.1) is 0 Å². The summed E-state index contributed by atoms with van der Waals surface area (Å²) < 4.78 is 22.7. The van der Waals surface area contributed by atoms with E-state index in [2.05, 4.69) is 22.9 Å². The van der Waals surface area contributed by atoms with Crippen LogP contribution in [0.15, 0.2) is 18.2 Å². The molecule has 0 aliphatic rings. The lowest BCUT2D eigenvalue weighted by molar-refractivity contribution is 0.435. The fourth-order valence-corrected chi connectivity index (χ4v) is 3.14. The molecule has 0 heterocycles. The lowest BCUT2D eigenvalue weighted by atomic mass is 10.0. The number of anilines is 1. The predicted octanol–water partition coefficient (Wildman–Crippen LogP) is 3.74. The number of hydrogen-bond donors (Lipinski definition) is 4. The van der Waals surface area contributed by atoms with Gasteiger partial charge in [-0.15, -0.1) is 0 Å². The number of halogens is 1. The third-order valence-electron chi connectivity index (χ3n) is 4.40. The maximum absolute atomic E-state index is 14.0. The summed E-state index contributed by atoms with van der Waals surface area (Å²) in [7, 11) is 3.81. The largest absolute Gasteiger partial charge is 0.388 e. The van der Waals surface area contributed by atoms with E-state index in [4.69, 9.17) is 4.55 Å². The fraction of sp³-hybridized carbons (Fsp3) is 0.667. The quantitative estimate of drug-likeness (QED) is 0.320. The molecule has 2 atom stereocenters. The van der Waals surface area contributed by atoms with Crippen molar-refractivity contribution < 1.29 is 8.94 Å². The molecule has 0 radical (unpaired) electrons. The normalized spacial score (nSPS) is 13.7. The first-order valence-corrected chi connectivity index (χ1v) is 9.68. The monoisotopic (exact) mass is 357 g/mol. The molecule has 24 heavy (non-hydrogen) atoms. The van der Waals surface area contributed by atoms with Gasteiger partial charge in [0.25, 0.3) is 0 Å². The lowest BCUT2D eigenvalue weighted by Gasteiger charge is -2.19. The summed E-state index contributed by atoms with van der Waals surface area (Å²) in [6.07, 6.45) is 4.77. The molecular formula is C18H32FN3OS. The Balaban J connectivity index is 2.30. The van der Waals surface area contributed by atoms with Gasteiger partial charge in [-0.2, -0.15) is 0 Å². The summed E-state index contributed by atoms with van der Waals surface area (Å²) in [4.78, 5) is 0. The molecule has 1 aromatic carbocycles. The van der Waals surface area contributed by atoms with Gasteiger partial charge in [0, 0.05) is 36.1 Å². The minimum Gasteiger partial charge on any atom is -0.388 e. The van der Waals surface area contributed by atoms with Crippen LogP contribution in [0.2, 0.25) is 0 Å². The van der Waals surface area contributed by atoms with E-state index in [1.54, 1.807) is 6.07 Å². The van der Waals surface area contributed by atoms with E-state index in [0.717, 1.165) is 67.7 Å². The van der Waals surface area contributed by atoms with Crippen molar-refractivity contribution in [3.05, 3.63) is 29.6 Å². The van der Waals surface area contributed by atoms with E-state index in [-0.39, 0.29) is 5.82 Å². The van der Waals surface area contributed by atoms with Crippen LogP contribution in [0.4, 0.5) is 10.1 Å². The van der Waals surface area contributed by atoms with E-state index in [9.17, 15) is 4.39 Å². The van der Waals surface area contributed by atoms with Crippen LogP contribution < -0.4 is 16.0 Å². The number of nitrogens with one attached hydrogen (secondary N) is 3. The van der Waals surface area contributed by atoms with Crippen LogP contribution in [0.3, 0.4) is 0 Å². The van der Waals surface area contributed by atoms with Gasteiger partial charge in [0.15, 0.2) is 0 Å². The standard InChI is InChI=1S/C18H32FN3OS/c1-14(22-12-11-15(20-2)6-5-13-24-23)9-10-16-17(19)7-4-8-18(16)21-3/h4,7-8,14-15,20-23H,5-6,9-13H2,1-3H3. The number of rotatable bonds is 13. The second-order valence-corrected chi connectivity index (χ2v) is 6.83. The maximum Gasteiger partial charge on any atom is 0.128 e. The van der Waals surface area contributed by atoms with Gasteiger partial charge in [-0.3, -0.25) is 0 Å². The Morgan fingerprint density at radius 2 is 2.00 bits per heavy atom. The Morgan fingerprint density at radius 3 is 2.67 bits per heavy atom. The van der Waals surface area contributed by atoms with Gasteiger partial charge >= 0.3 is 0 Å². The van der Waals surface area contributed by atoms with Crippen LogP contribution in [0.5, 0.6) is 0 Å². The van der Waals surface area contributed by atoms with Crippen LogP contribution >= 0.6 is 12.0 Å². The van der Waals surface area contributed by atoms with E-state index in [0.29, 0.717) is 12.1 Å².